The fourth-order valence-electron chi connectivity index (χ4n) is 2.33. The Morgan fingerprint density at radius 2 is 1.83 bits per heavy atom. The molecule has 0 bridgehead atoms. The minimum absolute atomic E-state index is 0.0372. The number of anilines is 1. The van der Waals surface area contributed by atoms with E-state index < -0.39 is 21.9 Å². The fraction of sp³-hybridized carbons (Fsp3) is 0.188. The minimum atomic E-state index is -3.78. The molecule has 1 fully saturated rings. The van der Waals surface area contributed by atoms with Gasteiger partial charge in [-0.25, -0.2) is 22.3 Å². The van der Waals surface area contributed by atoms with Gasteiger partial charge in [0.2, 0.25) is 10.0 Å². The third-order valence-corrected chi connectivity index (χ3v) is 5.05. The van der Waals surface area contributed by atoms with Crippen molar-refractivity contribution in [3.63, 3.8) is 0 Å². The number of sulfonamides is 1. The van der Waals surface area contributed by atoms with Crippen molar-refractivity contribution in [2.75, 3.05) is 18.1 Å². The van der Waals surface area contributed by atoms with Gasteiger partial charge in [-0.1, -0.05) is 18.2 Å². The number of carbonyl (C=O) groups is 1. The van der Waals surface area contributed by atoms with E-state index in [2.05, 4.69) is 4.72 Å². The van der Waals surface area contributed by atoms with Crippen LogP contribution in [0.25, 0.3) is 0 Å². The van der Waals surface area contributed by atoms with Gasteiger partial charge < -0.3 is 4.74 Å². The average molecular weight is 350 g/mol. The minimum Gasteiger partial charge on any atom is -0.447 e. The van der Waals surface area contributed by atoms with Crippen LogP contribution in [0.4, 0.5) is 14.9 Å². The van der Waals surface area contributed by atoms with Crippen LogP contribution in [-0.4, -0.2) is 27.7 Å². The maximum Gasteiger partial charge on any atom is 0.414 e. The number of nitrogens with one attached hydrogen (secondary N) is 1. The third kappa shape index (κ3) is 3.39. The van der Waals surface area contributed by atoms with Crippen molar-refractivity contribution in [1.29, 1.82) is 0 Å². The van der Waals surface area contributed by atoms with E-state index in [0.717, 1.165) is 0 Å². The van der Waals surface area contributed by atoms with Gasteiger partial charge in [0.15, 0.2) is 0 Å². The van der Waals surface area contributed by atoms with Gasteiger partial charge in [0.05, 0.1) is 11.4 Å². The first-order valence-corrected chi connectivity index (χ1v) is 8.73. The molecule has 0 unspecified atom stereocenters. The van der Waals surface area contributed by atoms with Crippen LogP contribution in [-0.2, 0) is 21.3 Å². The zero-order valence-electron chi connectivity index (χ0n) is 12.6. The van der Waals surface area contributed by atoms with Gasteiger partial charge in [-0.2, -0.15) is 0 Å². The molecule has 0 atom stereocenters. The zero-order valence-corrected chi connectivity index (χ0v) is 13.4. The predicted molar refractivity (Wildman–Crippen MR) is 85.6 cm³/mol. The van der Waals surface area contributed by atoms with Crippen molar-refractivity contribution in [3.8, 4) is 0 Å². The second-order valence-electron chi connectivity index (χ2n) is 5.18. The monoisotopic (exact) mass is 350 g/mol. The molecule has 8 heteroatoms. The highest BCUT2D eigenvalue weighted by molar-refractivity contribution is 7.89. The molecule has 126 valence electrons. The quantitative estimate of drug-likeness (QED) is 0.897. The molecule has 6 nitrogen and oxygen atoms in total. The summed E-state index contributed by atoms with van der Waals surface area (Å²) in [6, 6.07) is 11.8. The number of rotatable bonds is 5. The molecule has 0 saturated carbocycles. The van der Waals surface area contributed by atoms with E-state index in [9.17, 15) is 17.6 Å². The number of carbonyl (C=O) groups excluding carboxylic acids is 1. The Morgan fingerprint density at radius 3 is 2.46 bits per heavy atom. The van der Waals surface area contributed by atoms with Gasteiger partial charge in [0, 0.05) is 17.8 Å². The van der Waals surface area contributed by atoms with Crippen LogP contribution in [0.15, 0.2) is 53.4 Å². The number of amides is 1. The molecular formula is C16H15FN2O4S. The summed E-state index contributed by atoms with van der Waals surface area (Å²) in [5.41, 5.74) is 0.822. The first-order chi connectivity index (χ1) is 11.5. The van der Waals surface area contributed by atoms with Crippen LogP contribution in [0.1, 0.15) is 5.56 Å². The number of benzene rings is 2. The molecule has 1 N–H and O–H groups in total. The summed E-state index contributed by atoms with van der Waals surface area (Å²) in [6.07, 6.45) is -0.455. The summed E-state index contributed by atoms with van der Waals surface area (Å²) in [6.45, 7) is 0.592. The Hall–Kier alpha value is -2.45. The molecule has 1 heterocycles. The van der Waals surface area contributed by atoms with Crippen molar-refractivity contribution >= 4 is 21.8 Å². The van der Waals surface area contributed by atoms with E-state index in [1.54, 1.807) is 6.07 Å². The van der Waals surface area contributed by atoms with Crippen molar-refractivity contribution in [2.45, 2.75) is 11.4 Å². The number of hydrogen-bond donors (Lipinski definition) is 1. The highest BCUT2D eigenvalue weighted by Gasteiger charge is 2.24. The number of halogens is 1. The molecule has 3 rings (SSSR count). The van der Waals surface area contributed by atoms with Gasteiger partial charge in [-0.15, -0.1) is 0 Å². The molecular weight excluding hydrogens is 335 g/mol. The molecule has 24 heavy (non-hydrogen) atoms. The lowest BCUT2D eigenvalue weighted by molar-refractivity contribution is 0.181. The highest BCUT2D eigenvalue weighted by Crippen LogP contribution is 2.21. The van der Waals surface area contributed by atoms with Gasteiger partial charge >= 0.3 is 6.09 Å². The van der Waals surface area contributed by atoms with E-state index in [1.165, 1.54) is 47.4 Å². The predicted octanol–water partition coefficient (Wildman–Crippen LogP) is 2.26. The van der Waals surface area contributed by atoms with Crippen LogP contribution in [0.2, 0.25) is 0 Å². The lowest BCUT2D eigenvalue weighted by Crippen LogP contribution is -2.25. The number of cyclic esters (lactones) is 1. The van der Waals surface area contributed by atoms with Gasteiger partial charge in [-0.3, -0.25) is 4.90 Å². The highest BCUT2D eigenvalue weighted by atomic mass is 32.2. The summed E-state index contributed by atoms with van der Waals surface area (Å²) in [7, 11) is -3.78. The Balaban J connectivity index is 1.73. The van der Waals surface area contributed by atoms with E-state index in [-0.39, 0.29) is 17.0 Å². The van der Waals surface area contributed by atoms with Gasteiger partial charge in [0.25, 0.3) is 0 Å². The van der Waals surface area contributed by atoms with E-state index in [0.29, 0.717) is 18.8 Å². The van der Waals surface area contributed by atoms with E-state index in [1.807, 2.05) is 0 Å². The summed E-state index contributed by atoms with van der Waals surface area (Å²) in [4.78, 5) is 12.9. The standard InChI is InChI=1S/C16H15FN2O4S/c17-15-4-2-1-3-12(15)11-18-24(21,22)14-7-5-13(6-8-14)19-9-10-23-16(19)20/h1-8,18H,9-11H2. The second kappa shape index (κ2) is 6.58. The molecule has 1 aliphatic heterocycles. The average Bonchev–Trinajstić information content (AvgIpc) is 3.00. The molecule has 1 aliphatic rings. The molecule has 0 aromatic heterocycles. The van der Waals surface area contributed by atoms with E-state index >= 15 is 0 Å². The number of ether oxygens (including phenoxy) is 1. The molecule has 1 saturated heterocycles. The van der Waals surface area contributed by atoms with Crippen LogP contribution in [0.3, 0.4) is 0 Å². The molecule has 2 aromatic carbocycles. The Kier molecular flexibility index (Phi) is 4.50. The largest absolute Gasteiger partial charge is 0.447 e. The number of hydrogen-bond acceptors (Lipinski definition) is 4. The molecule has 2 aromatic rings. The van der Waals surface area contributed by atoms with E-state index in [4.69, 9.17) is 4.74 Å². The van der Waals surface area contributed by atoms with Crippen molar-refractivity contribution < 1.29 is 22.3 Å². The Labute approximate surface area is 138 Å². The first kappa shape index (κ1) is 16.4. The third-order valence-electron chi connectivity index (χ3n) is 3.63. The normalized spacial score (nSPS) is 14.7. The second-order valence-corrected chi connectivity index (χ2v) is 6.94. The molecule has 0 aliphatic carbocycles. The first-order valence-electron chi connectivity index (χ1n) is 7.25. The van der Waals surface area contributed by atoms with Crippen LogP contribution >= 0.6 is 0 Å². The Morgan fingerprint density at radius 1 is 1.12 bits per heavy atom. The summed E-state index contributed by atoms with van der Waals surface area (Å²) >= 11 is 0. The van der Waals surface area contributed by atoms with Crippen LogP contribution in [0.5, 0.6) is 0 Å². The number of nitrogens with zero attached hydrogens (tertiary/aromatic N) is 1. The van der Waals surface area contributed by atoms with Gasteiger partial charge in [-0.05, 0) is 30.3 Å². The topological polar surface area (TPSA) is 75.7 Å². The summed E-state index contributed by atoms with van der Waals surface area (Å²) in [5, 5.41) is 0. The fourth-order valence-corrected chi connectivity index (χ4v) is 3.34. The maximum atomic E-state index is 13.5. The van der Waals surface area contributed by atoms with Crippen LogP contribution < -0.4 is 9.62 Å². The SMILES string of the molecule is O=C1OCCN1c1ccc(S(=O)(=O)NCc2ccccc2F)cc1. The Bertz CT molecular complexity index is 853. The smallest absolute Gasteiger partial charge is 0.414 e. The lowest BCUT2D eigenvalue weighted by atomic mass is 10.2. The molecule has 0 spiro atoms. The van der Waals surface area contributed by atoms with Gasteiger partial charge in [0.1, 0.15) is 12.4 Å². The van der Waals surface area contributed by atoms with Crippen LogP contribution in [0, 0.1) is 5.82 Å². The van der Waals surface area contributed by atoms with Crippen molar-refractivity contribution in [3.05, 3.63) is 59.9 Å². The maximum absolute atomic E-state index is 13.5. The van der Waals surface area contributed by atoms with Crippen molar-refractivity contribution in [2.24, 2.45) is 0 Å². The molecule has 0 radical (unpaired) electrons. The lowest BCUT2D eigenvalue weighted by Gasteiger charge is -2.13. The summed E-state index contributed by atoms with van der Waals surface area (Å²) in [5.74, 6) is -0.469. The zero-order chi connectivity index (χ0) is 17.2. The molecule has 1 amide bonds. The van der Waals surface area contributed by atoms with Crippen molar-refractivity contribution in [1.82, 2.24) is 4.72 Å². The summed E-state index contributed by atoms with van der Waals surface area (Å²) < 4.78 is 45.3.